The van der Waals surface area contributed by atoms with Crippen LogP contribution in [0.4, 0.5) is 13.2 Å². The first-order valence-corrected chi connectivity index (χ1v) is 6.27. The van der Waals surface area contributed by atoms with Crippen LogP contribution in [0.5, 0.6) is 0 Å². The molecule has 21 heavy (non-hydrogen) atoms. The van der Waals surface area contributed by atoms with Crippen LogP contribution in [0.25, 0.3) is 0 Å². The second-order valence-corrected chi connectivity index (χ2v) is 4.48. The number of rotatable bonds is 5. The van der Waals surface area contributed by atoms with E-state index < -0.39 is 29.0 Å². The minimum absolute atomic E-state index is 0.0478. The highest BCUT2D eigenvalue weighted by Gasteiger charge is 2.19. The van der Waals surface area contributed by atoms with Crippen LogP contribution in [0.1, 0.15) is 22.3 Å². The van der Waals surface area contributed by atoms with Crippen molar-refractivity contribution >= 4 is 5.97 Å². The Morgan fingerprint density at radius 1 is 1.29 bits per heavy atom. The molecule has 7 heteroatoms. The molecule has 2 aromatic rings. The molecule has 0 aliphatic carbocycles. The van der Waals surface area contributed by atoms with E-state index >= 15 is 0 Å². The van der Waals surface area contributed by atoms with Crippen LogP contribution in [0.3, 0.4) is 0 Å². The van der Waals surface area contributed by atoms with Gasteiger partial charge in [0.05, 0.1) is 18.4 Å². The molecule has 4 nitrogen and oxygen atoms in total. The molecule has 0 amide bonds. The van der Waals surface area contributed by atoms with Gasteiger partial charge in [-0.05, 0) is 30.5 Å². The summed E-state index contributed by atoms with van der Waals surface area (Å²) in [5.41, 5.74) is 0.364. The monoisotopic (exact) mass is 298 g/mol. The molecule has 0 unspecified atom stereocenters. The smallest absolute Gasteiger partial charge is 0.341 e. The van der Waals surface area contributed by atoms with Gasteiger partial charge in [0.25, 0.3) is 0 Å². The average Bonchev–Trinajstić information content (AvgIpc) is 2.86. The summed E-state index contributed by atoms with van der Waals surface area (Å²) in [5, 5.41) is 3.99. The highest BCUT2D eigenvalue weighted by molar-refractivity contribution is 5.89. The van der Waals surface area contributed by atoms with Crippen molar-refractivity contribution in [3.05, 3.63) is 53.1 Å². The number of ether oxygens (including phenoxy) is 1. The molecule has 1 heterocycles. The van der Waals surface area contributed by atoms with Crippen LogP contribution in [0.15, 0.2) is 24.5 Å². The number of hydrogen-bond acceptors (Lipinski definition) is 3. The summed E-state index contributed by atoms with van der Waals surface area (Å²) < 4.78 is 45.6. The van der Waals surface area contributed by atoms with E-state index in [4.69, 9.17) is 4.74 Å². The van der Waals surface area contributed by atoms with Gasteiger partial charge in [0, 0.05) is 13.2 Å². The summed E-state index contributed by atoms with van der Waals surface area (Å²) in [7, 11) is 1.79. The van der Waals surface area contributed by atoms with Crippen molar-refractivity contribution in [1.29, 1.82) is 0 Å². The lowest BCUT2D eigenvalue weighted by Gasteiger charge is -2.06. The third-order valence-electron chi connectivity index (χ3n) is 2.86. The summed E-state index contributed by atoms with van der Waals surface area (Å²) in [6, 6.07) is 1.54. The Morgan fingerprint density at radius 3 is 2.71 bits per heavy atom. The minimum atomic E-state index is -1.68. The maximum Gasteiger partial charge on any atom is 0.341 e. The molecule has 1 aromatic heterocycles. The highest BCUT2D eigenvalue weighted by Crippen LogP contribution is 2.16. The molecule has 0 atom stereocenters. The fourth-order valence-corrected chi connectivity index (χ4v) is 1.80. The van der Waals surface area contributed by atoms with Crippen LogP contribution in [0.2, 0.25) is 0 Å². The van der Waals surface area contributed by atoms with Gasteiger partial charge in [0.2, 0.25) is 0 Å². The standard InChI is InChI=1S/C14H13F3N2O2/c1-19-8-9(7-18-19)3-2-6-21-14(20)10-4-5-11(15)13(17)12(10)16/h4-5,7-8H,2-3,6H2,1H3. The van der Waals surface area contributed by atoms with E-state index in [1.165, 1.54) is 0 Å². The lowest BCUT2D eigenvalue weighted by atomic mass is 10.2. The van der Waals surface area contributed by atoms with Gasteiger partial charge in [-0.15, -0.1) is 0 Å². The van der Waals surface area contributed by atoms with Crippen molar-refractivity contribution in [2.75, 3.05) is 6.61 Å². The van der Waals surface area contributed by atoms with Gasteiger partial charge in [-0.2, -0.15) is 5.10 Å². The summed E-state index contributed by atoms with van der Waals surface area (Å²) in [6.07, 6.45) is 4.68. The van der Waals surface area contributed by atoms with Crippen LogP contribution in [0, 0.1) is 17.5 Å². The topological polar surface area (TPSA) is 44.1 Å². The second-order valence-electron chi connectivity index (χ2n) is 4.48. The van der Waals surface area contributed by atoms with E-state index in [-0.39, 0.29) is 6.61 Å². The normalized spacial score (nSPS) is 10.7. The molecule has 0 spiro atoms. The van der Waals surface area contributed by atoms with E-state index in [1.54, 1.807) is 17.9 Å². The number of carbonyl (C=O) groups excluding carboxylic acids is 1. The Balaban J connectivity index is 1.86. The average molecular weight is 298 g/mol. The quantitative estimate of drug-likeness (QED) is 0.484. The molecule has 112 valence electrons. The second kappa shape index (κ2) is 6.43. The zero-order valence-electron chi connectivity index (χ0n) is 11.3. The lowest BCUT2D eigenvalue weighted by Crippen LogP contribution is -2.11. The van der Waals surface area contributed by atoms with Crippen molar-refractivity contribution in [2.24, 2.45) is 7.05 Å². The summed E-state index contributed by atoms with van der Waals surface area (Å²) >= 11 is 0. The van der Waals surface area contributed by atoms with Crippen molar-refractivity contribution < 1.29 is 22.7 Å². The van der Waals surface area contributed by atoms with Crippen LogP contribution in [-0.2, 0) is 18.2 Å². The van der Waals surface area contributed by atoms with Crippen molar-refractivity contribution in [3.63, 3.8) is 0 Å². The van der Waals surface area contributed by atoms with Crippen LogP contribution < -0.4 is 0 Å². The Hall–Kier alpha value is -2.31. The first kappa shape index (κ1) is 15.1. The van der Waals surface area contributed by atoms with Crippen LogP contribution >= 0.6 is 0 Å². The fourth-order valence-electron chi connectivity index (χ4n) is 1.80. The predicted octanol–water partition coefficient (Wildman–Crippen LogP) is 2.63. The third-order valence-corrected chi connectivity index (χ3v) is 2.86. The number of carbonyl (C=O) groups is 1. The molecule has 0 N–H and O–H groups in total. The number of benzene rings is 1. The van der Waals surface area contributed by atoms with Crippen molar-refractivity contribution in [1.82, 2.24) is 9.78 Å². The Bertz CT molecular complexity index is 656. The zero-order chi connectivity index (χ0) is 15.4. The molecule has 0 saturated heterocycles. The minimum Gasteiger partial charge on any atom is -0.462 e. The van der Waals surface area contributed by atoms with E-state index in [1.807, 2.05) is 6.20 Å². The van der Waals surface area contributed by atoms with Crippen LogP contribution in [-0.4, -0.2) is 22.4 Å². The SMILES string of the molecule is Cn1cc(CCCOC(=O)c2ccc(F)c(F)c2F)cn1. The van der Waals surface area contributed by atoms with E-state index in [2.05, 4.69) is 5.10 Å². The molecule has 2 rings (SSSR count). The van der Waals surface area contributed by atoms with Gasteiger partial charge in [-0.1, -0.05) is 0 Å². The number of hydrogen-bond donors (Lipinski definition) is 0. The Labute approximate surface area is 119 Å². The number of aryl methyl sites for hydroxylation is 2. The highest BCUT2D eigenvalue weighted by atomic mass is 19.2. The fraction of sp³-hybridized carbons (Fsp3) is 0.286. The first-order chi connectivity index (χ1) is 9.99. The van der Waals surface area contributed by atoms with E-state index in [0.29, 0.717) is 18.9 Å². The number of aromatic nitrogens is 2. The number of nitrogens with zero attached hydrogens (tertiary/aromatic N) is 2. The Morgan fingerprint density at radius 2 is 2.05 bits per heavy atom. The molecular weight excluding hydrogens is 285 g/mol. The summed E-state index contributed by atoms with van der Waals surface area (Å²) in [6.45, 7) is 0.0478. The summed E-state index contributed by atoms with van der Waals surface area (Å²) in [4.78, 5) is 11.6. The maximum absolute atomic E-state index is 13.4. The molecule has 0 fully saturated rings. The van der Waals surface area contributed by atoms with Gasteiger partial charge in [-0.3, -0.25) is 4.68 Å². The molecule has 1 aromatic carbocycles. The van der Waals surface area contributed by atoms with Crippen molar-refractivity contribution in [3.8, 4) is 0 Å². The zero-order valence-corrected chi connectivity index (χ0v) is 11.3. The van der Waals surface area contributed by atoms with Gasteiger partial charge >= 0.3 is 5.97 Å². The van der Waals surface area contributed by atoms with Gasteiger partial charge in [-0.25, -0.2) is 18.0 Å². The largest absolute Gasteiger partial charge is 0.462 e. The van der Waals surface area contributed by atoms with E-state index in [9.17, 15) is 18.0 Å². The maximum atomic E-state index is 13.4. The molecule has 0 aliphatic rings. The summed E-state index contributed by atoms with van der Waals surface area (Å²) in [5.74, 6) is -5.58. The van der Waals surface area contributed by atoms with Gasteiger partial charge in [0.1, 0.15) is 0 Å². The number of halogens is 3. The molecule has 0 aliphatic heterocycles. The molecule has 0 bridgehead atoms. The third kappa shape index (κ3) is 3.62. The van der Waals surface area contributed by atoms with Gasteiger partial charge < -0.3 is 4.74 Å². The Kier molecular flexibility index (Phi) is 4.62. The molecule has 0 radical (unpaired) electrons. The molecule has 0 saturated carbocycles. The van der Waals surface area contributed by atoms with Gasteiger partial charge in [0.15, 0.2) is 17.5 Å². The molecular formula is C14H13F3N2O2. The van der Waals surface area contributed by atoms with Crippen molar-refractivity contribution in [2.45, 2.75) is 12.8 Å². The van der Waals surface area contributed by atoms with E-state index in [0.717, 1.165) is 11.6 Å². The first-order valence-electron chi connectivity index (χ1n) is 6.27. The predicted molar refractivity (Wildman–Crippen MR) is 68.1 cm³/mol. The number of esters is 1. The lowest BCUT2D eigenvalue weighted by molar-refractivity contribution is 0.0494.